The van der Waals surface area contributed by atoms with E-state index in [4.69, 9.17) is 11.6 Å². The Morgan fingerprint density at radius 2 is 1.66 bits per heavy atom. The first-order valence-corrected chi connectivity index (χ1v) is 11.8. The van der Waals surface area contributed by atoms with E-state index >= 15 is 0 Å². The average molecular weight is 428 g/mol. The van der Waals surface area contributed by atoms with Crippen molar-refractivity contribution >= 4 is 38.1 Å². The molecule has 1 atom stereocenters. The highest BCUT2D eigenvalue weighted by Crippen LogP contribution is 2.25. The van der Waals surface area contributed by atoms with Crippen LogP contribution in [0.2, 0.25) is 5.02 Å². The van der Waals surface area contributed by atoms with Gasteiger partial charge in [-0.2, -0.15) is 0 Å². The molecular weight excluding hydrogens is 406 g/mol. The molecule has 4 rings (SSSR count). The summed E-state index contributed by atoms with van der Waals surface area (Å²) in [6.45, 7) is 0.309. The summed E-state index contributed by atoms with van der Waals surface area (Å²) >= 11 is 6.32. The number of fused-ring (bicyclic) bond motifs is 1. The molecule has 1 aliphatic rings. The maximum atomic E-state index is 13.4. The Bertz CT molecular complexity index is 1150. The minimum Gasteiger partial charge on any atom is -0.334 e. The van der Waals surface area contributed by atoms with Gasteiger partial charge >= 0.3 is 0 Å². The molecule has 0 spiro atoms. The van der Waals surface area contributed by atoms with Gasteiger partial charge in [0.05, 0.1) is 17.9 Å². The molecule has 0 aromatic heterocycles. The van der Waals surface area contributed by atoms with Crippen LogP contribution in [0.15, 0.2) is 66.7 Å². The molecule has 1 fully saturated rings. The number of amides is 1. The molecule has 0 unspecified atom stereocenters. The van der Waals surface area contributed by atoms with Crippen LogP contribution >= 0.6 is 11.6 Å². The minimum absolute atomic E-state index is 0.0126. The fourth-order valence-electron chi connectivity index (χ4n) is 3.96. The number of nitrogens with zero attached hydrogens (tertiary/aromatic N) is 1. The van der Waals surface area contributed by atoms with Gasteiger partial charge in [0.25, 0.3) is 0 Å². The van der Waals surface area contributed by atoms with E-state index in [2.05, 4.69) is 0 Å². The third-order valence-electron chi connectivity index (χ3n) is 5.49. The lowest BCUT2D eigenvalue weighted by Crippen LogP contribution is -2.41. The van der Waals surface area contributed by atoms with Gasteiger partial charge in [-0.05, 0) is 34.4 Å². The van der Waals surface area contributed by atoms with Crippen LogP contribution in [0.4, 0.5) is 0 Å². The first-order valence-electron chi connectivity index (χ1n) is 9.63. The first kappa shape index (κ1) is 19.9. The molecule has 0 aliphatic carbocycles. The molecule has 150 valence electrons. The Hall–Kier alpha value is -2.37. The maximum absolute atomic E-state index is 13.4. The van der Waals surface area contributed by atoms with Crippen LogP contribution in [0.3, 0.4) is 0 Å². The standard InChI is InChI=1S/C23H22ClNO3S/c24-22-11-4-2-7-19(22)15-25(20-12-13-29(27,28)16-20)23(26)14-18-9-5-8-17-6-1-3-10-21(17)18/h1-11,20H,12-16H2/t20-/m1/s1. The van der Waals surface area contributed by atoms with Gasteiger partial charge in [-0.25, -0.2) is 8.42 Å². The molecule has 6 heteroatoms. The van der Waals surface area contributed by atoms with Crippen molar-refractivity contribution in [1.29, 1.82) is 0 Å². The maximum Gasteiger partial charge on any atom is 0.227 e. The summed E-state index contributed by atoms with van der Waals surface area (Å²) in [4.78, 5) is 15.1. The third-order valence-corrected chi connectivity index (χ3v) is 7.61. The molecule has 1 aliphatic heterocycles. The number of hydrogen-bond donors (Lipinski definition) is 0. The number of halogens is 1. The number of sulfone groups is 1. The van der Waals surface area contributed by atoms with Crippen molar-refractivity contribution in [3.8, 4) is 0 Å². The molecular formula is C23H22ClNO3S. The largest absolute Gasteiger partial charge is 0.334 e. The van der Waals surface area contributed by atoms with Crippen LogP contribution < -0.4 is 0 Å². The Kier molecular flexibility index (Phi) is 5.61. The first-order chi connectivity index (χ1) is 13.9. The van der Waals surface area contributed by atoms with Crippen molar-refractivity contribution in [3.05, 3.63) is 82.9 Å². The molecule has 0 bridgehead atoms. The highest BCUT2D eigenvalue weighted by Gasteiger charge is 2.35. The topological polar surface area (TPSA) is 54.5 Å². The molecule has 0 saturated carbocycles. The fraction of sp³-hybridized carbons (Fsp3) is 0.261. The Morgan fingerprint density at radius 3 is 2.41 bits per heavy atom. The molecule has 0 N–H and O–H groups in total. The van der Waals surface area contributed by atoms with Gasteiger partial charge in [0.2, 0.25) is 5.91 Å². The van der Waals surface area contributed by atoms with Crippen molar-refractivity contribution in [2.24, 2.45) is 0 Å². The number of rotatable bonds is 5. The second-order valence-electron chi connectivity index (χ2n) is 7.48. The number of carbonyl (C=O) groups is 1. The monoisotopic (exact) mass is 427 g/mol. The van der Waals surface area contributed by atoms with Crippen LogP contribution in [0.5, 0.6) is 0 Å². The van der Waals surface area contributed by atoms with Crippen molar-refractivity contribution in [3.63, 3.8) is 0 Å². The smallest absolute Gasteiger partial charge is 0.227 e. The lowest BCUT2D eigenvalue weighted by molar-refractivity contribution is -0.133. The molecule has 29 heavy (non-hydrogen) atoms. The van der Waals surface area contributed by atoms with Crippen LogP contribution in [0, 0.1) is 0 Å². The number of hydrogen-bond acceptors (Lipinski definition) is 3. The summed E-state index contributed by atoms with van der Waals surface area (Å²) < 4.78 is 24.1. The van der Waals surface area contributed by atoms with Crippen LogP contribution in [-0.4, -0.2) is 36.8 Å². The zero-order valence-electron chi connectivity index (χ0n) is 15.9. The molecule has 1 amide bonds. The van der Waals surface area contributed by atoms with Crippen molar-refractivity contribution < 1.29 is 13.2 Å². The van der Waals surface area contributed by atoms with Gasteiger partial charge in [-0.1, -0.05) is 72.3 Å². The van der Waals surface area contributed by atoms with E-state index in [9.17, 15) is 13.2 Å². The van der Waals surface area contributed by atoms with E-state index in [1.807, 2.05) is 60.7 Å². The van der Waals surface area contributed by atoms with Crippen LogP contribution in [-0.2, 0) is 27.6 Å². The van der Waals surface area contributed by atoms with Gasteiger partial charge in [0.1, 0.15) is 0 Å². The minimum atomic E-state index is -3.11. The second-order valence-corrected chi connectivity index (χ2v) is 10.1. The van der Waals surface area contributed by atoms with Crippen molar-refractivity contribution in [2.75, 3.05) is 11.5 Å². The molecule has 1 saturated heterocycles. The summed E-state index contributed by atoms with van der Waals surface area (Å²) in [7, 11) is -3.11. The van der Waals surface area contributed by atoms with E-state index in [1.54, 1.807) is 11.0 Å². The van der Waals surface area contributed by atoms with Crippen LogP contribution in [0.1, 0.15) is 17.5 Å². The van der Waals surface area contributed by atoms with Gasteiger partial charge < -0.3 is 4.90 Å². The van der Waals surface area contributed by atoms with E-state index in [-0.39, 0.29) is 29.9 Å². The number of benzene rings is 3. The Labute approximate surface area is 176 Å². The SMILES string of the molecule is O=C(Cc1cccc2ccccc12)N(Cc1ccccc1Cl)[C@@H]1CCS(=O)(=O)C1. The van der Waals surface area contributed by atoms with Crippen molar-refractivity contribution in [1.82, 2.24) is 4.90 Å². The van der Waals surface area contributed by atoms with Gasteiger partial charge in [-0.3, -0.25) is 4.79 Å². The summed E-state index contributed by atoms with van der Waals surface area (Å²) in [5.41, 5.74) is 1.77. The van der Waals surface area contributed by atoms with E-state index < -0.39 is 9.84 Å². The predicted octanol–water partition coefficient (Wildman–Crippen LogP) is 4.25. The normalized spacial score (nSPS) is 18.0. The zero-order chi connectivity index (χ0) is 20.4. The van der Waals surface area contributed by atoms with Gasteiger partial charge in [-0.15, -0.1) is 0 Å². The average Bonchev–Trinajstić information content (AvgIpc) is 3.07. The summed E-state index contributed by atoms with van der Waals surface area (Å²) in [5.74, 6) is 0.0557. The molecule has 1 heterocycles. The highest BCUT2D eigenvalue weighted by atomic mass is 35.5. The summed E-state index contributed by atoms with van der Waals surface area (Å²) in [5, 5.41) is 2.70. The fourth-order valence-corrected chi connectivity index (χ4v) is 5.89. The van der Waals surface area contributed by atoms with Crippen LogP contribution in [0.25, 0.3) is 10.8 Å². The van der Waals surface area contributed by atoms with Gasteiger partial charge in [0.15, 0.2) is 9.84 Å². The number of carbonyl (C=O) groups excluding carboxylic acids is 1. The highest BCUT2D eigenvalue weighted by molar-refractivity contribution is 7.91. The Morgan fingerprint density at radius 1 is 0.966 bits per heavy atom. The predicted molar refractivity (Wildman–Crippen MR) is 117 cm³/mol. The van der Waals surface area contributed by atoms with Crippen molar-refractivity contribution in [2.45, 2.75) is 25.4 Å². The molecule has 0 radical (unpaired) electrons. The quantitative estimate of drug-likeness (QED) is 0.611. The van der Waals surface area contributed by atoms with E-state index in [0.29, 0.717) is 18.0 Å². The molecule has 3 aromatic carbocycles. The Balaban J connectivity index is 1.64. The summed E-state index contributed by atoms with van der Waals surface area (Å²) in [6.07, 6.45) is 0.691. The van der Waals surface area contributed by atoms with E-state index in [1.165, 1.54) is 0 Å². The molecule has 3 aromatic rings. The van der Waals surface area contributed by atoms with Gasteiger partial charge in [0, 0.05) is 17.6 Å². The molecule has 4 nitrogen and oxygen atoms in total. The third kappa shape index (κ3) is 4.46. The lowest BCUT2D eigenvalue weighted by Gasteiger charge is -2.29. The zero-order valence-corrected chi connectivity index (χ0v) is 17.5. The summed E-state index contributed by atoms with van der Waals surface area (Å²) in [6, 6.07) is 21.0. The van der Waals surface area contributed by atoms with E-state index in [0.717, 1.165) is 21.9 Å². The lowest BCUT2D eigenvalue weighted by atomic mass is 10.0. The second kappa shape index (κ2) is 8.17.